The molecule has 1 heterocycles. The number of ether oxygens (including phenoxy) is 1. The number of phenolic OH excluding ortho intramolecular Hbond substituents is 1. The molecule has 1 spiro atoms. The van der Waals surface area contributed by atoms with Crippen molar-refractivity contribution in [2.24, 2.45) is 11.3 Å². The summed E-state index contributed by atoms with van der Waals surface area (Å²) in [5, 5.41) is 9.80. The number of fused-ring (bicyclic) bond motifs is 3. The van der Waals surface area contributed by atoms with E-state index in [4.69, 9.17) is 4.74 Å². The van der Waals surface area contributed by atoms with Crippen molar-refractivity contribution in [2.75, 3.05) is 0 Å². The number of aromatic hydroxyl groups is 1. The van der Waals surface area contributed by atoms with Crippen LogP contribution in [0.5, 0.6) is 11.5 Å². The maximum atomic E-state index is 9.80. The van der Waals surface area contributed by atoms with E-state index in [0.29, 0.717) is 11.2 Å². The van der Waals surface area contributed by atoms with E-state index in [1.807, 2.05) is 19.1 Å². The molecule has 0 bridgehead atoms. The van der Waals surface area contributed by atoms with Gasteiger partial charge in [-0.15, -0.1) is 0 Å². The van der Waals surface area contributed by atoms with Crippen molar-refractivity contribution in [1.82, 2.24) is 0 Å². The van der Waals surface area contributed by atoms with Gasteiger partial charge in [0.2, 0.25) is 0 Å². The van der Waals surface area contributed by atoms with Crippen molar-refractivity contribution >= 4 is 0 Å². The minimum atomic E-state index is 0.0419. The van der Waals surface area contributed by atoms with Crippen LogP contribution in [-0.4, -0.2) is 10.7 Å². The van der Waals surface area contributed by atoms with Gasteiger partial charge in [0, 0.05) is 17.4 Å². The first-order valence-corrected chi connectivity index (χ1v) is 6.56. The van der Waals surface area contributed by atoms with Gasteiger partial charge in [-0.2, -0.15) is 0 Å². The van der Waals surface area contributed by atoms with Crippen molar-refractivity contribution in [3.8, 4) is 11.5 Å². The second-order valence-corrected chi connectivity index (χ2v) is 6.38. The Morgan fingerprint density at radius 1 is 1.41 bits per heavy atom. The van der Waals surface area contributed by atoms with E-state index in [1.165, 1.54) is 24.8 Å². The molecule has 2 saturated carbocycles. The summed E-state index contributed by atoms with van der Waals surface area (Å²) in [6.07, 6.45) is 4.81. The van der Waals surface area contributed by atoms with Gasteiger partial charge in [-0.3, -0.25) is 0 Å². The summed E-state index contributed by atoms with van der Waals surface area (Å²) in [4.78, 5) is 0. The third-order valence-electron chi connectivity index (χ3n) is 5.51. The Bertz CT molecular complexity index is 487. The highest BCUT2D eigenvalue weighted by molar-refractivity contribution is 5.50. The molecule has 0 unspecified atom stereocenters. The van der Waals surface area contributed by atoms with Gasteiger partial charge in [0.15, 0.2) is 0 Å². The first kappa shape index (κ1) is 9.81. The zero-order valence-electron chi connectivity index (χ0n) is 10.4. The fraction of sp³-hybridized carbons (Fsp3) is 0.600. The fourth-order valence-electron chi connectivity index (χ4n) is 4.08. The van der Waals surface area contributed by atoms with Crippen molar-refractivity contribution in [1.29, 1.82) is 0 Å². The van der Waals surface area contributed by atoms with Gasteiger partial charge in [-0.05, 0) is 49.8 Å². The largest absolute Gasteiger partial charge is 0.508 e. The first-order chi connectivity index (χ1) is 8.04. The van der Waals surface area contributed by atoms with Gasteiger partial charge < -0.3 is 9.84 Å². The molecule has 0 saturated heterocycles. The zero-order chi connectivity index (χ0) is 11.8. The Morgan fingerprint density at radius 3 is 2.88 bits per heavy atom. The lowest BCUT2D eigenvalue weighted by atomic mass is 9.83. The first-order valence-electron chi connectivity index (χ1n) is 6.56. The molecule has 1 aromatic rings. The number of aryl methyl sites for hydroxylation is 1. The summed E-state index contributed by atoms with van der Waals surface area (Å²) in [6.45, 7) is 4.31. The lowest BCUT2D eigenvalue weighted by Gasteiger charge is -2.31. The van der Waals surface area contributed by atoms with E-state index in [-0.39, 0.29) is 5.60 Å². The predicted molar refractivity (Wildman–Crippen MR) is 65.4 cm³/mol. The summed E-state index contributed by atoms with van der Waals surface area (Å²) in [5.41, 5.74) is 2.55. The van der Waals surface area contributed by atoms with E-state index in [1.54, 1.807) is 0 Å². The lowest BCUT2D eigenvalue weighted by Crippen LogP contribution is -2.40. The van der Waals surface area contributed by atoms with Crippen LogP contribution in [0.15, 0.2) is 12.1 Å². The van der Waals surface area contributed by atoms with Crippen molar-refractivity contribution in [2.45, 2.75) is 45.1 Å². The molecule has 2 heteroatoms. The van der Waals surface area contributed by atoms with Gasteiger partial charge in [-0.25, -0.2) is 0 Å². The maximum Gasteiger partial charge on any atom is 0.124 e. The molecule has 2 aliphatic carbocycles. The van der Waals surface area contributed by atoms with Gasteiger partial charge in [0.1, 0.15) is 17.1 Å². The molecule has 1 N–H and O–H groups in total. The van der Waals surface area contributed by atoms with Crippen LogP contribution in [0, 0.1) is 18.3 Å². The van der Waals surface area contributed by atoms with Crippen LogP contribution in [0.4, 0.5) is 0 Å². The smallest absolute Gasteiger partial charge is 0.124 e. The van der Waals surface area contributed by atoms with Crippen LogP contribution >= 0.6 is 0 Å². The highest BCUT2D eigenvalue weighted by Crippen LogP contribution is 2.71. The lowest BCUT2D eigenvalue weighted by molar-refractivity contribution is 0.0334. The Hall–Kier alpha value is -1.18. The summed E-state index contributed by atoms with van der Waals surface area (Å²) < 4.78 is 6.34. The van der Waals surface area contributed by atoms with Crippen LogP contribution in [0.1, 0.15) is 37.3 Å². The Kier molecular flexibility index (Phi) is 1.52. The third kappa shape index (κ3) is 1.02. The Labute approximate surface area is 102 Å². The van der Waals surface area contributed by atoms with E-state index in [2.05, 4.69) is 6.92 Å². The summed E-state index contributed by atoms with van der Waals surface area (Å²) in [6, 6.07) is 3.90. The Balaban J connectivity index is 1.78. The van der Waals surface area contributed by atoms with E-state index >= 15 is 0 Å². The molecule has 3 atom stereocenters. The minimum absolute atomic E-state index is 0.0419. The second kappa shape index (κ2) is 2.63. The third-order valence-corrected chi connectivity index (χ3v) is 5.51. The number of rotatable bonds is 0. The number of hydrogen-bond donors (Lipinski definition) is 1. The molecule has 1 aliphatic heterocycles. The molecule has 0 aromatic heterocycles. The summed E-state index contributed by atoms with van der Waals surface area (Å²) >= 11 is 0. The van der Waals surface area contributed by atoms with Crippen molar-refractivity contribution in [3.05, 3.63) is 23.3 Å². The van der Waals surface area contributed by atoms with Crippen molar-refractivity contribution < 1.29 is 9.84 Å². The van der Waals surface area contributed by atoms with Crippen molar-refractivity contribution in [3.63, 3.8) is 0 Å². The average molecular weight is 230 g/mol. The Morgan fingerprint density at radius 2 is 2.24 bits per heavy atom. The average Bonchev–Trinajstić information content (AvgIpc) is 2.71. The number of hydrogen-bond acceptors (Lipinski definition) is 2. The van der Waals surface area contributed by atoms with Gasteiger partial charge >= 0.3 is 0 Å². The topological polar surface area (TPSA) is 29.5 Å². The van der Waals surface area contributed by atoms with Crippen LogP contribution in [-0.2, 0) is 6.42 Å². The molecule has 4 rings (SSSR count). The van der Waals surface area contributed by atoms with Crippen LogP contribution in [0.3, 0.4) is 0 Å². The van der Waals surface area contributed by atoms with Gasteiger partial charge in [0.05, 0.1) is 0 Å². The molecule has 2 fully saturated rings. The minimum Gasteiger partial charge on any atom is -0.508 e. The fourth-order valence-corrected chi connectivity index (χ4v) is 4.08. The van der Waals surface area contributed by atoms with E-state index in [9.17, 15) is 5.11 Å². The molecule has 0 amide bonds. The normalized spacial score (nSPS) is 41.2. The molecule has 2 nitrogen and oxygen atoms in total. The quantitative estimate of drug-likeness (QED) is 0.741. The molecule has 17 heavy (non-hydrogen) atoms. The highest BCUT2D eigenvalue weighted by Gasteiger charge is 2.70. The molecular weight excluding hydrogens is 212 g/mol. The molecule has 0 radical (unpaired) electrons. The summed E-state index contributed by atoms with van der Waals surface area (Å²) in [5.74, 6) is 2.29. The molecule has 1 aromatic carbocycles. The SMILES string of the molecule is Cc1cc2c(cc1O)C[C@@]1(CC[C@@H]3C[C@@]31C)O2. The van der Waals surface area contributed by atoms with Crippen LogP contribution in [0.2, 0.25) is 0 Å². The second-order valence-electron chi connectivity index (χ2n) is 6.38. The monoisotopic (exact) mass is 230 g/mol. The molecule has 3 aliphatic rings. The zero-order valence-corrected chi connectivity index (χ0v) is 10.4. The predicted octanol–water partition coefficient (Wildman–Crippen LogP) is 3.19. The molecule has 90 valence electrons. The molecular formula is C15H18O2. The van der Waals surface area contributed by atoms with E-state index < -0.39 is 0 Å². The maximum absolute atomic E-state index is 9.80. The van der Waals surface area contributed by atoms with E-state index in [0.717, 1.165) is 23.7 Å². The van der Waals surface area contributed by atoms with Crippen LogP contribution < -0.4 is 4.74 Å². The number of phenols is 1. The number of benzene rings is 1. The highest BCUT2D eigenvalue weighted by atomic mass is 16.5. The van der Waals surface area contributed by atoms with Crippen LogP contribution in [0.25, 0.3) is 0 Å². The standard InChI is InChI=1S/C15H18O2/c1-9-5-13-10(6-12(9)16)7-15(17-13)4-3-11-8-14(11,15)2/h5-6,11,16H,3-4,7-8H2,1-2H3/t11-,14+,15-/m1/s1. The van der Waals surface area contributed by atoms with Gasteiger partial charge in [-0.1, -0.05) is 6.92 Å². The van der Waals surface area contributed by atoms with Gasteiger partial charge in [0.25, 0.3) is 0 Å². The summed E-state index contributed by atoms with van der Waals surface area (Å²) in [7, 11) is 0.